The minimum atomic E-state index is -0.398. The number of hydrogen-bond acceptors (Lipinski definition) is 7. The van der Waals surface area contributed by atoms with Gasteiger partial charge in [0, 0.05) is 37.4 Å². The van der Waals surface area contributed by atoms with E-state index in [9.17, 15) is 9.59 Å². The number of anilines is 3. The van der Waals surface area contributed by atoms with Gasteiger partial charge in [0.05, 0.1) is 36.0 Å². The smallest absolute Gasteiger partial charge is 0.229 e. The Balaban J connectivity index is 1.25. The summed E-state index contributed by atoms with van der Waals surface area (Å²) >= 11 is 1.62. The third-order valence-electron chi connectivity index (χ3n) is 5.88. The molecule has 5 rings (SSSR count). The first kappa shape index (κ1) is 21.7. The molecule has 0 saturated carbocycles. The fraction of sp³-hybridized carbons (Fsp3) is 0.375. The summed E-state index contributed by atoms with van der Waals surface area (Å²) in [5, 5.41) is 3.97. The van der Waals surface area contributed by atoms with Crippen LogP contribution >= 0.6 is 11.3 Å². The Morgan fingerprint density at radius 2 is 2.00 bits per heavy atom. The summed E-state index contributed by atoms with van der Waals surface area (Å²) < 4.78 is 11.9. The molecule has 2 aromatic carbocycles. The number of thiazole rings is 1. The van der Waals surface area contributed by atoms with E-state index in [0.29, 0.717) is 26.4 Å². The number of amides is 2. The lowest BCUT2D eigenvalue weighted by molar-refractivity contribution is -0.122. The van der Waals surface area contributed by atoms with Gasteiger partial charge < -0.3 is 24.6 Å². The zero-order valence-electron chi connectivity index (χ0n) is 18.5. The third-order valence-corrected chi connectivity index (χ3v) is 6.96. The van der Waals surface area contributed by atoms with Gasteiger partial charge in [-0.25, -0.2) is 4.98 Å². The van der Waals surface area contributed by atoms with Crippen LogP contribution in [0.5, 0.6) is 5.75 Å². The summed E-state index contributed by atoms with van der Waals surface area (Å²) in [6, 6.07) is 13.1. The van der Waals surface area contributed by atoms with E-state index in [4.69, 9.17) is 14.5 Å². The van der Waals surface area contributed by atoms with Crippen molar-refractivity contribution in [1.82, 2.24) is 4.98 Å². The third kappa shape index (κ3) is 4.65. The lowest BCUT2D eigenvalue weighted by atomic mass is 10.1. The van der Waals surface area contributed by atoms with E-state index >= 15 is 0 Å². The van der Waals surface area contributed by atoms with Crippen molar-refractivity contribution < 1.29 is 19.1 Å². The van der Waals surface area contributed by atoms with Crippen LogP contribution in [0.25, 0.3) is 10.2 Å². The second kappa shape index (κ2) is 9.36. The van der Waals surface area contributed by atoms with Gasteiger partial charge in [-0.2, -0.15) is 0 Å². The molecule has 1 aromatic heterocycles. The zero-order valence-corrected chi connectivity index (χ0v) is 19.3. The summed E-state index contributed by atoms with van der Waals surface area (Å²) in [5.41, 5.74) is 2.41. The van der Waals surface area contributed by atoms with Crippen molar-refractivity contribution >= 4 is 49.9 Å². The maximum Gasteiger partial charge on any atom is 0.229 e. The van der Waals surface area contributed by atoms with Crippen LogP contribution in [-0.2, 0) is 14.3 Å². The van der Waals surface area contributed by atoms with Gasteiger partial charge in [-0.3, -0.25) is 9.59 Å². The summed E-state index contributed by atoms with van der Waals surface area (Å²) in [4.78, 5) is 34.1. The van der Waals surface area contributed by atoms with Crippen LogP contribution in [0.2, 0.25) is 0 Å². The Bertz CT molecular complexity index is 1160. The largest absolute Gasteiger partial charge is 0.494 e. The molecular formula is C24H26N4O4S. The first-order chi connectivity index (χ1) is 16.1. The average molecular weight is 467 g/mol. The van der Waals surface area contributed by atoms with Gasteiger partial charge in [0.25, 0.3) is 0 Å². The number of nitrogens with one attached hydrogen (secondary N) is 1. The molecule has 2 aliphatic heterocycles. The van der Waals surface area contributed by atoms with Crippen LogP contribution in [0, 0.1) is 5.92 Å². The molecule has 8 nitrogen and oxygen atoms in total. The van der Waals surface area contributed by atoms with Crippen LogP contribution in [0.15, 0.2) is 42.5 Å². The van der Waals surface area contributed by atoms with Crippen molar-refractivity contribution in [2.24, 2.45) is 5.92 Å². The summed E-state index contributed by atoms with van der Waals surface area (Å²) in [6.45, 7) is 5.98. The minimum absolute atomic E-state index is 0.0487. The highest BCUT2D eigenvalue weighted by Crippen LogP contribution is 2.32. The number of carbonyl (C=O) groups excluding carboxylic acids is 2. The quantitative estimate of drug-likeness (QED) is 0.599. The van der Waals surface area contributed by atoms with E-state index < -0.39 is 5.92 Å². The molecule has 2 amide bonds. The van der Waals surface area contributed by atoms with E-state index in [0.717, 1.165) is 45.6 Å². The summed E-state index contributed by atoms with van der Waals surface area (Å²) in [7, 11) is 0. The van der Waals surface area contributed by atoms with Gasteiger partial charge in [0.2, 0.25) is 11.8 Å². The Hall–Kier alpha value is -3.17. The van der Waals surface area contributed by atoms with Crippen LogP contribution in [0.3, 0.4) is 0 Å². The Morgan fingerprint density at radius 3 is 2.76 bits per heavy atom. The maximum atomic E-state index is 12.9. The molecule has 1 N–H and O–H groups in total. The van der Waals surface area contributed by atoms with E-state index in [1.807, 2.05) is 49.4 Å². The van der Waals surface area contributed by atoms with Gasteiger partial charge in [0.15, 0.2) is 5.13 Å². The zero-order chi connectivity index (χ0) is 22.8. The van der Waals surface area contributed by atoms with E-state index in [2.05, 4.69) is 10.2 Å². The summed E-state index contributed by atoms with van der Waals surface area (Å²) in [5.74, 6) is 0.170. The molecule has 172 valence electrons. The maximum absolute atomic E-state index is 12.9. The lowest BCUT2D eigenvalue weighted by Gasteiger charge is -2.25. The van der Waals surface area contributed by atoms with Crippen molar-refractivity contribution in [2.45, 2.75) is 13.3 Å². The molecule has 2 saturated heterocycles. The molecule has 9 heteroatoms. The molecule has 0 bridgehead atoms. The molecule has 3 aromatic rings. The van der Waals surface area contributed by atoms with E-state index in [1.54, 1.807) is 16.2 Å². The number of aromatic nitrogens is 1. The number of fused-ring (bicyclic) bond motifs is 1. The lowest BCUT2D eigenvalue weighted by Crippen LogP contribution is -2.36. The second-order valence-electron chi connectivity index (χ2n) is 8.10. The fourth-order valence-corrected chi connectivity index (χ4v) is 5.20. The second-order valence-corrected chi connectivity index (χ2v) is 9.11. The van der Waals surface area contributed by atoms with Crippen molar-refractivity contribution in [3.05, 3.63) is 42.5 Å². The Labute approximate surface area is 196 Å². The highest BCUT2D eigenvalue weighted by molar-refractivity contribution is 7.22. The predicted molar refractivity (Wildman–Crippen MR) is 129 cm³/mol. The van der Waals surface area contributed by atoms with Gasteiger partial charge in [-0.15, -0.1) is 0 Å². The molecule has 1 atom stereocenters. The molecule has 1 unspecified atom stereocenters. The Kier molecular flexibility index (Phi) is 6.15. The van der Waals surface area contributed by atoms with Crippen LogP contribution in [0.4, 0.5) is 16.5 Å². The number of rotatable bonds is 6. The first-order valence-corrected chi connectivity index (χ1v) is 12.0. The van der Waals surface area contributed by atoms with E-state index in [-0.39, 0.29) is 18.2 Å². The standard InChI is InChI=1S/C24H26N4O4S/c1-2-32-19-6-4-18(5-7-19)28-15-16(13-22(28)29)23(30)25-17-3-8-20-21(14-17)33-24(26-20)27-9-11-31-12-10-27/h3-8,14,16H,2,9-13,15H2,1H3,(H,25,30). The first-order valence-electron chi connectivity index (χ1n) is 11.2. The van der Waals surface area contributed by atoms with Crippen molar-refractivity contribution in [2.75, 3.05) is 54.6 Å². The number of benzene rings is 2. The highest BCUT2D eigenvalue weighted by Gasteiger charge is 2.35. The number of hydrogen-bond donors (Lipinski definition) is 1. The fourth-order valence-electron chi connectivity index (χ4n) is 4.15. The molecule has 2 fully saturated rings. The number of carbonyl (C=O) groups is 2. The normalized spacial score (nSPS) is 18.7. The summed E-state index contributed by atoms with van der Waals surface area (Å²) in [6.07, 6.45) is 0.197. The molecule has 0 radical (unpaired) electrons. The SMILES string of the molecule is CCOc1ccc(N2CC(C(=O)Nc3ccc4nc(N5CCOCC5)sc4c3)CC2=O)cc1. The molecule has 3 heterocycles. The van der Waals surface area contributed by atoms with Crippen molar-refractivity contribution in [3.63, 3.8) is 0 Å². The van der Waals surface area contributed by atoms with Crippen LogP contribution in [0.1, 0.15) is 13.3 Å². The number of morpholine rings is 1. The monoisotopic (exact) mass is 466 g/mol. The minimum Gasteiger partial charge on any atom is -0.494 e. The van der Waals surface area contributed by atoms with Crippen LogP contribution in [-0.4, -0.2) is 56.3 Å². The van der Waals surface area contributed by atoms with Crippen LogP contribution < -0.4 is 19.9 Å². The van der Waals surface area contributed by atoms with E-state index in [1.165, 1.54) is 0 Å². The van der Waals surface area contributed by atoms with Crippen molar-refractivity contribution in [1.29, 1.82) is 0 Å². The molecule has 2 aliphatic rings. The van der Waals surface area contributed by atoms with Crippen molar-refractivity contribution in [3.8, 4) is 5.75 Å². The molecule has 0 spiro atoms. The van der Waals surface area contributed by atoms with Gasteiger partial charge >= 0.3 is 0 Å². The predicted octanol–water partition coefficient (Wildman–Crippen LogP) is 3.52. The molecular weight excluding hydrogens is 440 g/mol. The molecule has 33 heavy (non-hydrogen) atoms. The average Bonchev–Trinajstić information content (AvgIpc) is 3.44. The number of nitrogens with zero attached hydrogens (tertiary/aromatic N) is 3. The van der Waals surface area contributed by atoms with Gasteiger partial charge in [-0.05, 0) is 49.4 Å². The Morgan fingerprint density at radius 1 is 1.21 bits per heavy atom. The molecule has 0 aliphatic carbocycles. The van der Waals surface area contributed by atoms with Gasteiger partial charge in [-0.1, -0.05) is 11.3 Å². The topological polar surface area (TPSA) is 84.0 Å². The highest BCUT2D eigenvalue weighted by atomic mass is 32.1. The van der Waals surface area contributed by atoms with Gasteiger partial charge in [0.1, 0.15) is 5.75 Å². The number of ether oxygens (including phenoxy) is 2.